The van der Waals surface area contributed by atoms with Gasteiger partial charge in [0, 0.05) is 6.08 Å². The Balaban J connectivity index is 4.61. The van der Waals surface area contributed by atoms with Crippen molar-refractivity contribution >= 4 is 5.78 Å². The zero-order chi connectivity index (χ0) is 19.9. The van der Waals surface area contributed by atoms with E-state index in [0.717, 1.165) is 36.8 Å². The lowest BCUT2D eigenvalue weighted by molar-refractivity contribution is -0.110. The predicted molar refractivity (Wildman–Crippen MR) is 114 cm³/mol. The van der Waals surface area contributed by atoms with E-state index in [-0.39, 0.29) is 11.9 Å². The summed E-state index contributed by atoms with van der Waals surface area (Å²) in [6.07, 6.45) is 13.9. The molecule has 0 saturated carbocycles. The number of unbranched alkanes of at least 4 members (excludes halogenated alkanes) is 5. The van der Waals surface area contributed by atoms with Gasteiger partial charge in [-0.15, -0.1) is 0 Å². The van der Waals surface area contributed by atoms with Gasteiger partial charge in [0.25, 0.3) is 0 Å². The Kier molecular flexibility index (Phi) is 14.1. The molecule has 0 amide bonds. The second kappa shape index (κ2) is 14.8. The van der Waals surface area contributed by atoms with Gasteiger partial charge in [-0.05, 0) is 57.1 Å². The molecule has 26 heavy (non-hydrogen) atoms. The maximum absolute atomic E-state index is 12.2. The number of carbonyl (C=O) groups is 1. The van der Waals surface area contributed by atoms with Crippen LogP contribution in [0.25, 0.3) is 0 Å². The number of rotatable bonds is 15. The van der Waals surface area contributed by atoms with Gasteiger partial charge in [0.2, 0.25) is 0 Å². The third-order valence-corrected chi connectivity index (χ3v) is 4.71. The number of ketones is 1. The van der Waals surface area contributed by atoms with E-state index in [2.05, 4.69) is 34.3 Å². The van der Waals surface area contributed by atoms with Crippen LogP contribution in [0.3, 0.4) is 0 Å². The molecule has 0 rings (SSSR count). The second-order valence-electron chi connectivity index (χ2n) is 7.79. The third-order valence-electron chi connectivity index (χ3n) is 4.71. The topological polar surface area (TPSA) is 26.3 Å². The van der Waals surface area contributed by atoms with E-state index in [4.69, 9.17) is 4.74 Å². The lowest BCUT2D eigenvalue weighted by Crippen LogP contribution is -2.18. The van der Waals surface area contributed by atoms with Crippen molar-refractivity contribution in [3.63, 3.8) is 0 Å². The summed E-state index contributed by atoms with van der Waals surface area (Å²) in [5.74, 6) is 1.10. The Morgan fingerprint density at radius 1 is 0.962 bits per heavy atom. The average molecular weight is 363 g/mol. The molecule has 150 valence electrons. The summed E-state index contributed by atoms with van der Waals surface area (Å²) in [6, 6.07) is 0. The first-order valence-electron chi connectivity index (χ1n) is 10.6. The monoisotopic (exact) mass is 362 g/mol. The van der Waals surface area contributed by atoms with Crippen molar-refractivity contribution in [2.24, 2.45) is 5.92 Å². The molecular formula is C24H42O2. The predicted octanol–water partition coefficient (Wildman–Crippen LogP) is 7.55. The largest absolute Gasteiger partial charge is 0.491 e. The van der Waals surface area contributed by atoms with Crippen LogP contribution in [-0.4, -0.2) is 11.9 Å². The molecule has 0 aliphatic rings. The summed E-state index contributed by atoms with van der Waals surface area (Å²) in [5.41, 5.74) is 2.27. The first kappa shape index (κ1) is 24.7. The summed E-state index contributed by atoms with van der Waals surface area (Å²) >= 11 is 0. The summed E-state index contributed by atoms with van der Waals surface area (Å²) in [6.45, 7) is 16.8. The second-order valence-corrected chi connectivity index (χ2v) is 7.79. The first-order chi connectivity index (χ1) is 12.3. The number of carbonyl (C=O) groups excluding carboxylic acids is 1. The van der Waals surface area contributed by atoms with Crippen LogP contribution in [-0.2, 0) is 9.53 Å². The molecule has 0 N–H and O–H groups in total. The Morgan fingerprint density at radius 2 is 1.58 bits per heavy atom. The molecule has 0 aromatic rings. The lowest BCUT2D eigenvalue weighted by Gasteiger charge is -2.24. The smallest absolute Gasteiger partial charge is 0.181 e. The van der Waals surface area contributed by atoms with E-state index in [1.165, 1.54) is 32.1 Å². The van der Waals surface area contributed by atoms with Crippen LogP contribution >= 0.6 is 0 Å². The quantitative estimate of drug-likeness (QED) is 0.130. The van der Waals surface area contributed by atoms with Crippen molar-refractivity contribution in [2.45, 2.75) is 105 Å². The van der Waals surface area contributed by atoms with Crippen LogP contribution in [0.15, 0.2) is 35.6 Å². The van der Waals surface area contributed by atoms with Gasteiger partial charge in [-0.3, -0.25) is 4.79 Å². The van der Waals surface area contributed by atoms with E-state index in [1.54, 1.807) is 12.2 Å². The van der Waals surface area contributed by atoms with Crippen LogP contribution in [0.4, 0.5) is 0 Å². The third kappa shape index (κ3) is 12.1. The van der Waals surface area contributed by atoms with E-state index < -0.39 is 0 Å². The highest BCUT2D eigenvalue weighted by Crippen LogP contribution is 2.22. The standard InChI is InChI=1S/C24H42O2/c1-8-10-12-13-14-15-20(5)17-23(25)18-21(6)26-24(16-11-9-2)22(7)19(3)4/h17-19,24H,7-16H2,1-6H3/b20-17+,21-18+. The number of hydrogen-bond donors (Lipinski definition) is 0. The van der Waals surface area contributed by atoms with E-state index >= 15 is 0 Å². The Bertz CT molecular complexity index is 469. The van der Waals surface area contributed by atoms with E-state index in [9.17, 15) is 4.79 Å². The normalized spacial score (nSPS) is 13.8. The Morgan fingerprint density at radius 3 is 2.15 bits per heavy atom. The summed E-state index contributed by atoms with van der Waals surface area (Å²) in [5, 5.41) is 0. The Hall–Kier alpha value is -1.31. The average Bonchev–Trinajstić information content (AvgIpc) is 2.57. The van der Waals surface area contributed by atoms with Gasteiger partial charge in [0.1, 0.15) is 6.10 Å². The van der Waals surface area contributed by atoms with Crippen LogP contribution in [0.5, 0.6) is 0 Å². The van der Waals surface area contributed by atoms with Gasteiger partial charge in [0.05, 0.1) is 5.76 Å². The fourth-order valence-electron chi connectivity index (χ4n) is 2.90. The van der Waals surface area contributed by atoms with Crippen LogP contribution in [0.1, 0.15) is 99.3 Å². The molecule has 1 unspecified atom stereocenters. The van der Waals surface area contributed by atoms with E-state index in [0.29, 0.717) is 11.7 Å². The highest BCUT2D eigenvalue weighted by Gasteiger charge is 2.17. The molecule has 1 atom stereocenters. The summed E-state index contributed by atoms with van der Waals surface area (Å²) in [7, 11) is 0. The van der Waals surface area contributed by atoms with Gasteiger partial charge in [-0.2, -0.15) is 0 Å². The molecule has 0 bridgehead atoms. The summed E-state index contributed by atoms with van der Waals surface area (Å²) < 4.78 is 6.06. The molecule has 0 spiro atoms. The Labute approximate surface area is 162 Å². The molecule has 0 saturated heterocycles. The molecule has 0 radical (unpaired) electrons. The SMILES string of the molecule is C=C(C(C)C)C(CCCC)O/C(C)=C/C(=O)/C=C(\C)CCCCCCC. The molecule has 2 heteroatoms. The van der Waals surface area contributed by atoms with Gasteiger partial charge < -0.3 is 4.74 Å². The molecule has 2 nitrogen and oxygen atoms in total. The molecule has 0 aliphatic carbocycles. The maximum atomic E-state index is 12.2. The van der Waals surface area contributed by atoms with Crippen LogP contribution < -0.4 is 0 Å². The van der Waals surface area contributed by atoms with Crippen molar-refractivity contribution in [1.29, 1.82) is 0 Å². The highest BCUT2D eigenvalue weighted by molar-refractivity contribution is 5.99. The van der Waals surface area contributed by atoms with E-state index in [1.807, 2.05) is 13.8 Å². The first-order valence-corrected chi connectivity index (χ1v) is 10.6. The van der Waals surface area contributed by atoms with Gasteiger partial charge in [0.15, 0.2) is 5.78 Å². The minimum atomic E-state index is 0.00245. The minimum Gasteiger partial charge on any atom is -0.491 e. The van der Waals surface area contributed by atoms with Gasteiger partial charge in [-0.1, -0.05) is 72.0 Å². The molecular weight excluding hydrogens is 320 g/mol. The summed E-state index contributed by atoms with van der Waals surface area (Å²) in [4.78, 5) is 12.2. The van der Waals surface area contributed by atoms with Gasteiger partial charge >= 0.3 is 0 Å². The maximum Gasteiger partial charge on any atom is 0.181 e. The zero-order valence-electron chi connectivity index (χ0n) is 18.2. The van der Waals surface area contributed by atoms with Crippen molar-refractivity contribution in [2.75, 3.05) is 0 Å². The highest BCUT2D eigenvalue weighted by atomic mass is 16.5. The molecule has 0 aromatic heterocycles. The van der Waals surface area contributed by atoms with Crippen molar-refractivity contribution in [1.82, 2.24) is 0 Å². The fourth-order valence-corrected chi connectivity index (χ4v) is 2.90. The van der Waals surface area contributed by atoms with Crippen LogP contribution in [0.2, 0.25) is 0 Å². The molecule has 0 aromatic carbocycles. The molecule has 0 heterocycles. The molecule has 0 aliphatic heterocycles. The van der Waals surface area contributed by atoms with Crippen LogP contribution in [0, 0.1) is 5.92 Å². The number of hydrogen-bond acceptors (Lipinski definition) is 2. The number of allylic oxidation sites excluding steroid dienone is 4. The zero-order valence-corrected chi connectivity index (χ0v) is 18.2. The fraction of sp³-hybridized carbons (Fsp3) is 0.708. The van der Waals surface area contributed by atoms with Crippen molar-refractivity contribution in [3.05, 3.63) is 35.6 Å². The van der Waals surface area contributed by atoms with Gasteiger partial charge in [-0.25, -0.2) is 0 Å². The van der Waals surface area contributed by atoms with Crippen molar-refractivity contribution in [3.8, 4) is 0 Å². The van der Waals surface area contributed by atoms with Crippen molar-refractivity contribution < 1.29 is 9.53 Å². The minimum absolute atomic E-state index is 0.00245. The molecule has 0 fully saturated rings. The number of ether oxygens (including phenoxy) is 1. The lowest BCUT2D eigenvalue weighted by atomic mass is 9.96.